The van der Waals surface area contributed by atoms with Gasteiger partial charge in [-0.15, -0.1) is 0 Å². The van der Waals surface area contributed by atoms with Crippen LogP contribution in [0.5, 0.6) is 0 Å². The second-order valence-electron chi connectivity index (χ2n) is 2.91. The maximum atomic E-state index is 10.7. The molecule has 0 saturated carbocycles. The Bertz CT molecular complexity index is 487. The van der Waals surface area contributed by atoms with Crippen LogP contribution in [0.25, 0.3) is 0 Å². The smallest absolute Gasteiger partial charge is 0.238 e. The van der Waals surface area contributed by atoms with E-state index in [0.717, 1.165) is 0 Å². The molecule has 0 fully saturated rings. The first-order chi connectivity index (χ1) is 7.50. The summed E-state index contributed by atoms with van der Waals surface area (Å²) in [5, 5.41) is 8.92. The highest BCUT2D eigenvalue weighted by Crippen LogP contribution is 2.08. The lowest BCUT2D eigenvalue weighted by Gasteiger charge is -1.96. The summed E-state index contributed by atoms with van der Waals surface area (Å²) in [5.41, 5.74) is 5.85. The highest BCUT2D eigenvalue weighted by atomic mass is 32.2. The molecule has 0 atom stereocenters. The predicted molar refractivity (Wildman–Crippen MR) is 66.5 cm³/mol. The minimum Gasteiger partial charge on any atom is -0.399 e. The summed E-state index contributed by atoms with van der Waals surface area (Å²) in [6, 6.07) is 9.74. The van der Waals surface area contributed by atoms with Crippen molar-refractivity contribution < 1.29 is 8.42 Å². The first kappa shape index (κ1) is 12.7. The van der Waals surface area contributed by atoms with Crippen molar-refractivity contribution in [2.24, 2.45) is 5.14 Å². The molecular weight excluding hydrogens is 244 g/mol. The fraction of sp³-hybridized carbons (Fsp3) is 0. The molecule has 0 amide bonds. The molecule has 0 aliphatic rings. The van der Waals surface area contributed by atoms with Crippen molar-refractivity contribution in [1.82, 2.24) is 0 Å². The third-order valence-corrected chi connectivity index (χ3v) is 3.19. The number of sulfonamides is 1. The Labute approximate surface area is 98.6 Å². The number of nitrogen functional groups attached to an aromatic ring is 1. The fourth-order valence-electron chi connectivity index (χ4n) is 0.884. The normalized spacial score (nSPS) is 10.3. The van der Waals surface area contributed by atoms with Crippen LogP contribution < -0.4 is 10.9 Å². The van der Waals surface area contributed by atoms with Crippen molar-refractivity contribution in [2.75, 3.05) is 5.73 Å². The summed E-state index contributed by atoms with van der Waals surface area (Å²) in [6.45, 7) is 0. The molecule has 1 heterocycles. The van der Waals surface area contributed by atoms with Crippen LogP contribution in [0.1, 0.15) is 0 Å². The number of benzene rings is 1. The number of thiophene rings is 1. The second-order valence-corrected chi connectivity index (χ2v) is 5.29. The monoisotopic (exact) mass is 256 g/mol. The standard InChI is InChI=1S/C6H8N2O2S.C4H4S/c7-5-1-3-6(4-2-5)11(8,9)10;1-2-4-5-3-1/h1-4H,7H2,(H2,8,9,10);1-4H. The average molecular weight is 256 g/mol. The number of hydrogen-bond donors (Lipinski definition) is 2. The lowest BCUT2D eigenvalue weighted by molar-refractivity contribution is 0.598. The molecule has 4 nitrogen and oxygen atoms in total. The molecular formula is C10H12N2O2S2. The molecule has 0 bridgehead atoms. The Kier molecular flexibility index (Phi) is 4.48. The summed E-state index contributed by atoms with van der Waals surface area (Å²) >= 11 is 1.71. The SMILES string of the molecule is Nc1ccc(S(N)(=O)=O)cc1.c1ccsc1. The van der Waals surface area contributed by atoms with Gasteiger partial charge in [-0.1, -0.05) is 12.1 Å². The van der Waals surface area contributed by atoms with E-state index in [9.17, 15) is 8.42 Å². The molecule has 16 heavy (non-hydrogen) atoms. The quantitative estimate of drug-likeness (QED) is 0.761. The largest absolute Gasteiger partial charge is 0.399 e. The van der Waals surface area contributed by atoms with Gasteiger partial charge in [0.25, 0.3) is 0 Å². The van der Waals surface area contributed by atoms with E-state index < -0.39 is 10.0 Å². The third kappa shape index (κ3) is 4.43. The van der Waals surface area contributed by atoms with Crippen LogP contribution in [0, 0.1) is 0 Å². The molecule has 0 radical (unpaired) electrons. The van der Waals surface area contributed by atoms with E-state index in [0.29, 0.717) is 5.69 Å². The maximum absolute atomic E-state index is 10.7. The molecule has 0 aliphatic carbocycles. The van der Waals surface area contributed by atoms with Crippen molar-refractivity contribution in [1.29, 1.82) is 0 Å². The van der Waals surface area contributed by atoms with Gasteiger partial charge in [0.15, 0.2) is 0 Å². The first-order valence-electron chi connectivity index (χ1n) is 4.35. The van der Waals surface area contributed by atoms with Crippen LogP contribution in [0.2, 0.25) is 0 Å². The van der Waals surface area contributed by atoms with Gasteiger partial charge >= 0.3 is 0 Å². The molecule has 2 aromatic rings. The number of nitrogens with two attached hydrogens (primary N) is 2. The fourth-order valence-corrected chi connectivity index (χ4v) is 1.85. The molecule has 2 rings (SSSR count). The molecule has 0 aliphatic heterocycles. The highest BCUT2D eigenvalue weighted by Gasteiger charge is 2.04. The molecule has 0 saturated heterocycles. The van der Waals surface area contributed by atoms with E-state index in [1.54, 1.807) is 11.3 Å². The van der Waals surface area contributed by atoms with Gasteiger partial charge in [-0.25, -0.2) is 13.6 Å². The number of rotatable bonds is 1. The van der Waals surface area contributed by atoms with Crippen LogP contribution >= 0.6 is 11.3 Å². The minimum atomic E-state index is -3.58. The van der Waals surface area contributed by atoms with Crippen LogP contribution in [0.3, 0.4) is 0 Å². The lowest BCUT2D eigenvalue weighted by Crippen LogP contribution is -2.11. The van der Waals surface area contributed by atoms with Gasteiger partial charge in [-0.3, -0.25) is 0 Å². The zero-order valence-corrected chi connectivity index (χ0v) is 10.0. The van der Waals surface area contributed by atoms with Crippen molar-refractivity contribution in [2.45, 2.75) is 4.90 Å². The Morgan fingerprint density at radius 1 is 1.00 bits per heavy atom. The molecule has 0 unspecified atom stereocenters. The van der Waals surface area contributed by atoms with Gasteiger partial charge < -0.3 is 5.73 Å². The summed E-state index contributed by atoms with van der Waals surface area (Å²) < 4.78 is 21.4. The van der Waals surface area contributed by atoms with Crippen molar-refractivity contribution in [3.8, 4) is 0 Å². The Morgan fingerprint density at radius 2 is 1.50 bits per heavy atom. The highest BCUT2D eigenvalue weighted by molar-refractivity contribution is 7.89. The molecule has 86 valence electrons. The zero-order chi connectivity index (χ0) is 12.0. The second kappa shape index (κ2) is 5.64. The van der Waals surface area contributed by atoms with Gasteiger partial charge in [0.05, 0.1) is 4.90 Å². The van der Waals surface area contributed by atoms with Crippen LogP contribution in [0.4, 0.5) is 5.69 Å². The molecule has 6 heteroatoms. The third-order valence-electron chi connectivity index (χ3n) is 1.63. The van der Waals surface area contributed by atoms with Crippen molar-refractivity contribution in [3.05, 3.63) is 47.2 Å². The van der Waals surface area contributed by atoms with E-state index in [1.165, 1.54) is 24.3 Å². The topological polar surface area (TPSA) is 86.2 Å². The number of primary sulfonamides is 1. The predicted octanol–water partition coefficient (Wildman–Crippen LogP) is 1.66. The summed E-state index contributed by atoms with van der Waals surface area (Å²) in [4.78, 5) is 0.0756. The van der Waals surface area contributed by atoms with Crippen molar-refractivity contribution in [3.63, 3.8) is 0 Å². The van der Waals surface area contributed by atoms with E-state index in [2.05, 4.69) is 0 Å². The van der Waals surface area contributed by atoms with Gasteiger partial charge in [-0.05, 0) is 35.0 Å². The molecule has 4 N–H and O–H groups in total. The number of anilines is 1. The van der Waals surface area contributed by atoms with E-state index in [4.69, 9.17) is 10.9 Å². The summed E-state index contributed by atoms with van der Waals surface area (Å²) in [7, 11) is -3.58. The van der Waals surface area contributed by atoms with Gasteiger partial charge in [0.2, 0.25) is 10.0 Å². The van der Waals surface area contributed by atoms with Crippen LogP contribution in [-0.4, -0.2) is 8.42 Å². The van der Waals surface area contributed by atoms with Crippen molar-refractivity contribution >= 4 is 27.0 Å². The zero-order valence-electron chi connectivity index (χ0n) is 8.41. The lowest BCUT2D eigenvalue weighted by atomic mass is 10.3. The maximum Gasteiger partial charge on any atom is 0.238 e. The minimum absolute atomic E-state index is 0.0756. The summed E-state index contributed by atoms with van der Waals surface area (Å²) in [6.07, 6.45) is 0. The Hall–Kier alpha value is -1.37. The van der Waals surface area contributed by atoms with Gasteiger partial charge in [0.1, 0.15) is 0 Å². The van der Waals surface area contributed by atoms with Crippen LogP contribution in [-0.2, 0) is 10.0 Å². The van der Waals surface area contributed by atoms with Gasteiger partial charge in [0, 0.05) is 5.69 Å². The average Bonchev–Trinajstić information content (AvgIpc) is 2.74. The summed E-state index contributed by atoms with van der Waals surface area (Å²) in [5.74, 6) is 0. The molecule has 1 aromatic carbocycles. The Morgan fingerprint density at radius 3 is 1.81 bits per heavy atom. The Balaban J connectivity index is 0.000000212. The molecule has 0 spiro atoms. The van der Waals surface area contributed by atoms with Crippen LogP contribution in [0.15, 0.2) is 52.1 Å². The molecule has 1 aromatic heterocycles. The number of hydrogen-bond acceptors (Lipinski definition) is 4. The first-order valence-corrected chi connectivity index (χ1v) is 6.84. The van der Waals surface area contributed by atoms with E-state index >= 15 is 0 Å². The van der Waals surface area contributed by atoms with E-state index in [-0.39, 0.29) is 4.90 Å². The van der Waals surface area contributed by atoms with E-state index in [1.807, 2.05) is 22.9 Å². The van der Waals surface area contributed by atoms with Gasteiger partial charge in [-0.2, -0.15) is 11.3 Å².